The molecular formula is C108H149N21O7. The molecule has 0 aromatic heterocycles. The highest BCUT2D eigenvalue weighted by Crippen LogP contribution is 2.44. The third-order valence-electron chi connectivity index (χ3n) is 29.8. The monoisotopic (exact) mass is 1850 g/mol. The fourth-order valence-electron chi connectivity index (χ4n) is 20.1. The molecule has 0 saturated carbocycles. The maximum Gasteiger partial charge on any atom is 0.294 e. The van der Waals surface area contributed by atoms with Gasteiger partial charge in [-0.25, -0.2) is 4.85 Å². The fraction of sp³-hybridized carbons (Fsp3) is 0.574. The highest BCUT2D eigenvalue weighted by molar-refractivity contribution is 6.45. The van der Waals surface area contributed by atoms with E-state index < -0.39 is 5.60 Å². The van der Waals surface area contributed by atoms with Crippen LogP contribution in [0.2, 0.25) is 0 Å². The van der Waals surface area contributed by atoms with E-state index in [0.29, 0.717) is 90.8 Å². The van der Waals surface area contributed by atoms with Crippen molar-refractivity contribution in [3.05, 3.63) is 200 Å². The molecule has 4 aromatic carbocycles. The van der Waals surface area contributed by atoms with E-state index in [1.54, 1.807) is 44.4 Å². The number of ether oxygens (including phenoxy) is 2. The number of piperidine rings is 4. The molecule has 28 nitrogen and oxygen atoms in total. The third-order valence-corrected chi connectivity index (χ3v) is 29.8. The number of likely N-dealkylation sites (tertiary alicyclic amines) is 1. The Kier molecular flexibility index (Phi) is 36.8. The smallest absolute Gasteiger partial charge is 0.294 e. The highest BCUT2D eigenvalue weighted by atomic mass is 16.5. The standard InChI is InChI=1S/C30H41N5O2.C27H38N6O.C27H37N5O2.C24H33N5O2/c1-6-30(7-2,35-18-16-33(17-19-35)23(4)36)25-9-11-27(28(21-25)34-14-12-22(3)13-15-34)32-29(37)24-8-10-26(20-24)31-5;1-6-31-15-17-33(18-16-31)27(3,4)21-7-8-22(24(19-21)32-13-11-20(2)12-14-32)30-26(34)23-9-10-25(28-5)29-23;1-20-11-15-32(16-12-20)24-19-21(27(2,3)34-18-17-31-13-5-6-14-31)7-8-22(24)30-26(33)23-9-10-25(28-4)29-23;1-17-10-13-29(14-11-17)21-16-18(24(2,3)26-12-15-31-5)6-7-19(21)28-23(30)20-8-9-22(25-4)27-20/h9-11,20-22H,6-8,12-19H2,1-4H3,(H,32,37);7-8,10,19-20H,6,9,11-18H2,1-4H3,(H,30,34);7-8,10,19-20H,5-6,9,11-18H2,1-3H3,(H,30,33);6-7,9,16-17,26H,8,10-15H2,1-3,5H3,(H,28,30). The van der Waals surface area contributed by atoms with Crippen molar-refractivity contribution in [3.63, 3.8) is 0 Å². The number of nitrogens with one attached hydrogen (secondary N) is 5. The minimum Gasteiger partial charge on any atom is -0.383 e. The minimum absolute atomic E-state index is 0.0931. The number of anilines is 8. The van der Waals surface area contributed by atoms with E-state index in [4.69, 9.17) is 35.8 Å². The third kappa shape index (κ3) is 26.8. The largest absolute Gasteiger partial charge is 0.383 e. The zero-order chi connectivity index (χ0) is 97.4. The number of piperazine rings is 2. The molecule has 7 fully saturated rings. The normalized spacial score (nSPS) is 19.2. The van der Waals surface area contributed by atoms with Gasteiger partial charge in [0.25, 0.3) is 41.1 Å². The summed E-state index contributed by atoms with van der Waals surface area (Å²) in [7, 11) is 1.70. The number of carbonyl (C=O) groups excluding carboxylic acids is 5. The molecule has 0 radical (unpaired) electrons. The number of aliphatic imine (C=N–C) groups is 3. The molecule has 15 rings (SSSR count). The van der Waals surface area contributed by atoms with E-state index in [1.165, 1.54) is 37.1 Å². The summed E-state index contributed by atoms with van der Waals surface area (Å²) in [5.74, 6) is 3.07. The van der Waals surface area contributed by atoms with Gasteiger partial charge in [0.05, 0.1) is 70.9 Å². The maximum absolute atomic E-state index is 13.1. The van der Waals surface area contributed by atoms with Crippen LogP contribution in [0.15, 0.2) is 147 Å². The SMILES string of the molecule is [C-]#[N+]C1=CCC(C(=O)Nc2ccc(C(C)(C)N3CCN(CC)CC3)cc2N2CCC(C)CC2)=N1.[C-]#[N+]C1=CCC(C(=O)Nc2ccc(C(C)(C)NCCOC)cc2N2CCC(C)CC2)=N1.[C-]#[N+]C1=CCC(C(=O)Nc2ccc(C(C)(C)OCCN3CCCC3)cc2N2CCC(C)CC2)=N1.[C-]#[N+]C1=CCC(C(=O)Nc2ccc(C(CC)(CC)N3CCN(C(C)=O)CC3)cc2N2CCC(C)CC2)=C1. The predicted octanol–water partition coefficient (Wildman–Crippen LogP) is 18.3. The zero-order valence-corrected chi connectivity index (χ0v) is 83.7. The second-order valence-corrected chi connectivity index (χ2v) is 40.0. The van der Waals surface area contributed by atoms with Crippen molar-refractivity contribution in [1.82, 2.24) is 29.8 Å². The van der Waals surface area contributed by atoms with Crippen molar-refractivity contribution in [3.8, 4) is 0 Å². The van der Waals surface area contributed by atoms with E-state index in [9.17, 15) is 24.0 Å². The number of benzene rings is 4. The van der Waals surface area contributed by atoms with Crippen LogP contribution in [-0.4, -0.2) is 229 Å². The quantitative estimate of drug-likeness (QED) is 0.0250. The molecule has 7 saturated heterocycles. The number of likely N-dealkylation sites (N-methyl/N-ethyl adjacent to an activating group) is 1. The molecular weight excluding hydrogens is 1700 g/mol. The molecule has 4 aromatic rings. The van der Waals surface area contributed by atoms with Crippen LogP contribution in [0.5, 0.6) is 0 Å². The van der Waals surface area contributed by atoms with Gasteiger partial charge in [-0.3, -0.25) is 33.8 Å². The summed E-state index contributed by atoms with van der Waals surface area (Å²) in [5, 5.41) is 15.9. The first kappa shape index (κ1) is 104. The summed E-state index contributed by atoms with van der Waals surface area (Å²) in [4.78, 5) is 111. The van der Waals surface area contributed by atoms with Crippen LogP contribution in [0, 0.1) is 50.0 Å². The van der Waals surface area contributed by atoms with Gasteiger partial charge in [-0.05, 0) is 245 Å². The average molecular weight is 1850 g/mol. The van der Waals surface area contributed by atoms with Crippen LogP contribution in [0.4, 0.5) is 45.5 Å². The van der Waals surface area contributed by atoms with Gasteiger partial charge in [0.15, 0.2) is 22.8 Å². The molecule has 5 amide bonds. The first-order chi connectivity index (χ1) is 65.3. The lowest BCUT2D eigenvalue weighted by Crippen LogP contribution is -2.56. The summed E-state index contributed by atoms with van der Waals surface area (Å²) < 4.78 is 11.5. The van der Waals surface area contributed by atoms with E-state index in [0.717, 1.165) is 257 Å². The van der Waals surface area contributed by atoms with E-state index in [1.807, 2.05) is 17.0 Å². The molecule has 28 heteroatoms. The lowest BCUT2D eigenvalue weighted by atomic mass is 9.81. The van der Waals surface area contributed by atoms with Crippen molar-refractivity contribution in [1.29, 1.82) is 0 Å². The summed E-state index contributed by atoms with van der Waals surface area (Å²) in [6.45, 7) is 81.3. The number of amides is 5. The van der Waals surface area contributed by atoms with Gasteiger partial charge in [-0.15, -0.1) is 15.0 Å². The van der Waals surface area contributed by atoms with Crippen LogP contribution in [0.3, 0.4) is 0 Å². The van der Waals surface area contributed by atoms with Crippen LogP contribution >= 0.6 is 0 Å². The fourth-order valence-corrected chi connectivity index (χ4v) is 20.1. The van der Waals surface area contributed by atoms with Gasteiger partial charge >= 0.3 is 0 Å². The molecule has 136 heavy (non-hydrogen) atoms. The minimum atomic E-state index is -0.427. The molecule has 728 valence electrons. The Bertz CT molecular complexity index is 5320. The van der Waals surface area contributed by atoms with Gasteiger partial charge in [0, 0.05) is 173 Å². The Morgan fingerprint density at radius 1 is 0.434 bits per heavy atom. The molecule has 10 aliphatic heterocycles. The van der Waals surface area contributed by atoms with Crippen LogP contribution in [0.1, 0.15) is 222 Å². The van der Waals surface area contributed by atoms with Gasteiger partial charge in [-0.2, -0.15) is 0 Å². The Labute approximate surface area is 809 Å². The lowest BCUT2D eigenvalue weighted by molar-refractivity contribution is -0.131. The van der Waals surface area contributed by atoms with Crippen LogP contribution in [0.25, 0.3) is 19.4 Å². The Morgan fingerprint density at radius 3 is 1.20 bits per heavy atom. The van der Waals surface area contributed by atoms with Crippen molar-refractivity contribution in [2.75, 3.05) is 199 Å². The average Bonchev–Trinajstić information content (AvgIpc) is 1.64. The number of allylic oxidation sites excluding steroid dienone is 5. The summed E-state index contributed by atoms with van der Waals surface area (Å²) in [6, 6.07) is 25.5. The zero-order valence-electron chi connectivity index (χ0n) is 83.7. The summed E-state index contributed by atoms with van der Waals surface area (Å²) in [5.41, 5.74) is 13.8. The highest BCUT2D eigenvalue weighted by Gasteiger charge is 2.41. The number of hydrogen-bond donors (Lipinski definition) is 5. The molecule has 0 atom stereocenters. The molecule has 10 heterocycles. The number of rotatable bonds is 29. The van der Waals surface area contributed by atoms with Crippen LogP contribution in [-0.2, 0) is 55.7 Å². The molecule has 1 aliphatic carbocycles. The second kappa shape index (κ2) is 48.2. The molecule has 11 aliphatic rings. The predicted molar refractivity (Wildman–Crippen MR) is 551 cm³/mol. The number of carbonyl (C=O) groups is 5. The number of methoxy groups -OCH3 is 1. The van der Waals surface area contributed by atoms with E-state index >= 15 is 0 Å². The number of hydrogen-bond acceptors (Lipinski definition) is 19. The topological polar surface area (TPSA) is 248 Å². The van der Waals surface area contributed by atoms with Crippen molar-refractivity contribution < 1.29 is 33.4 Å². The van der Waals surface area contributed by atoms with Gasteiger partial charge in [-0.1, -0.05) is 117 Å². The van der Waals surface area contributed by atoms with Crippen LogP contribution < -0.4 is 46.2 Å². The Hall–Kier alpha value is -11.2. The lowest BCUT2D eigenvalue weighted by Gasteiger charge is -2.48. The van der Waals surface area contributed by atoms with Crippen molar-refractivity contribution in [2.24, 2.45) is 38.6 Å². The second-order valence-electron chi connectivity index (χ2n) is 40.0. The molecule has 0 spiro atoms. The first-order valence-electron chi connectivity index (χ1n) is 50.0. The Morgan fingerprint density at radius 2 is 0.816 bits per heavy atom. The summed E-state index contributed by atoms with van der Waals surface area (Å²) >= 11 is 0. The van der Waals surface area contributed by atoms with Gasteiger partial charge in [0.1, 0.15) is 0 Å². The van der Waals surface area contributed by atoms with Gasteiger partial charge < -0.3 is 84.9 Å². The number of nitrogens with zero attached hydrogens (tertiary/aromatic N) is 16. The van der Waals surface area contributed by atoms with E-state index in [2.05, 4.69) is 251 Å². The molecule has 0 unspecified atom stereocenters. The maximum atomic E-state index is 13.1. The summed E-state index contributed by atoms with van der Waals surface area (Å²) in [6.07, 6.45) is 24.0. The van der Waals surface area contributed by atoms with Crippen molar-refractivity contribution >= 4 is 92.2 Å². The first-order valence-corrected chi connectivity index (χ1v) is 50.0. The van der Waals surface area contributed by atoms with E-state index in [-0.39, 0.29) is 52.0 Å². The molecule has 5 N–H and O–H groups in total. The van der Waals surface area contributed by atoms with Crippen molar-refractivity contribution in [2.45, 2.75) is 222 Å². The van der Waals surface area contributed by atoms with Gasteiger partial charge in [0.2, 0.25) is 5.91 Å². The molecule has 0 bridgehead atoms. The Balaban J connectivity index is 0.000000163.